The molecule has 0 fully saturated rings. The number of benzene rings is 2. The van der Waals surface area contributed by atoms with Gasteiger partial charge in [0.05, 0.1) is 33.5 Å². The van der Waals surface area contributed by atoms with Gasteiger partial charge in [0.2, 0.25) is 0 Å². The molecule has 0 bridgehead atoms. The fourth-order valence-electron chi connectivity index (χ4n) is 3.08. The summed E-state index contributed by atoms with van der Waals surface area (Å²) >= 11 is 20.6. The number of nitrogens with one attached hydrogen (secondary N) is 1. The third-order valence-electron chi connectivity index (χ3n) is 4.30. The maximum Gasteiger partial charge on any atom is 0.0923 e. The van der Waals surface area contributed by atoms with Crippen LogP contribution in [0.15, 0.2) is 41.3 Å². The van der Waals surface area contributed by atoms with E-state index in [2.05, 4.69) is 11.5 Å². The summed E-state index contributed by atoms with van der Waals surface area (Å²) in [6.07, 6.45) is 0. The molecule has 1 aliphatic heterocycles. The molecule has 0 amide bonds. The van der Waals surface area contributed by atoms with E-state index in [0.29, 0.717) is 16.6 Å². The molecule has 0 atom stereocenters. The molecule has 8 heteroatoms. The van der Waals surface area contributed by atoms with Crippen LogP contribution in [0.5, 0.6) is 0 Å². The van der Waals surface area contributed by atoms with Crippen LogP contribution in [0.1, 0.15) is 11.3 Å². The first-order valence-corrected chi connectivity index (χ1v) is 10.5. The minimum absolute atomic E-state index is 0.561. The average molecular weight is 440 g/mol. The van der Waals surface area contributed by atoms with Crippen LogP contribution in [0.3, 0.4) is 0 Å². The van der Waals surface area contributed by atoms with Gasteiger partial charge in [-0.05, 0) is 35.9 Å². The topological polar surface area (TPSA) is 33.1 Å². The summed E-state index contributed by atoms with van der Waals surface area (Å²) in [5, 5.41) is 8.71. The molecule has 2 aromatic carbocycles. The van der Waals surface area contributed by atoms with Crippen molar-refractivity contribution >= 4 is 46.6 Å². The fourth-order valence-corrected chi connectivity index (χ4v) is 4.91. The number of fused-ring (bicyclic) bond motifs is 3. The molecule has 2 heterocycles. The van der Waals surface area contributed by atoms with Gasteiger partial charge in [0.15, 0.2) is 0 Å². The van der Waals surface area contributed by atoms with Gasteiger partial charge in [0.25, 0.3) is 0 Å². The number of thioether (sulfide) groups is 1. The largest absolute Gasteiger partial charge is 0.250 e. The molecule has 1 aromatic heterocycles. The lowest BCUT2D eigenvalue weighted by Gasteiger charge is -2.19. The number of aromatic nitrogens is 2. The molecule has 3 aromatic rings. The van der Waals surface area contributed by atoms with Crippen molar-refractivity contribution in [2.45, 2.75) is 17.2 Å². The molecule has 4 rings (SSSR count). The van der Waals surface area contributed by atoms with Crippen molar-refractivity contribution in [3.63, 3.8) is 0 Å². The van der Waals surface area contributed by atoms with E-state index >= 15 is 0 Å². The highest BCUT2D eigenvalue weighted by atomic mass is 35.5. The van der Waals surface area contributed by atoms with Crippen LogP contribution >= 0.6 is 46.6 Å². The maximum absolute atomic E-state index is 6.50. The molecule has 0 spiro atoms. The van der Waals surface area contributed by atoms with Crippen LogP contribution < -0.4 is 5.43 Å². The summed E-state index contributed by atoms with van der Waals surface area (Å²) in [7, 11) is 3.92. The number of hydrogen-bond acceptors (Lipinski definition) is 4. The summed E-state index contributed by atoms with van der Waals surface area (Å²) in [5.41, 5.74) is 8.45. The van der Waals surface area contributed by atoms with Crippen LogP contribution in [0.4, 0.5) is 0 Å². The molecule has 0 aliphatic carbocycles. The Hall–Kier alpha value is -1.21. The SMILES string of the molecule is CN(C)NCc1nn(-c2ccc(Cl)cc2Cl)c2c1SCc1cc(Cl)ccc1-2. The molecule has 0 saturated carbocycles. The minimum Gasteiger partial charge on any atom is -0.250 e. The standard InChI is InChI=1S/C19H17Cl3N4S/c1-25(2)23-9-16-19-18(14-5-3-12(20)7-11(14)10-27-19)26(24-16)17-6-4-13(21)8-15(17)22/h3-8,23H,9-10H2,1-2H3. The predicted molar refractivity (Wildman–Crippen MR) is 114 cm³/mol. The highest BCUT2D eigenvalue weighted by molar-refractivity contribution is 7.98. The Balaban J connectivity index is 1.92. The molecule has 4 nitrogen and oxygen atoms in total. The number of hydrazine groups is 1. The second-order valence-corrected chi connectivity index (χ2v) is 8.72. The Morgan fingerprint density at radius 1 is 1.11 bits per heavy atom. The highest BCUT2D eigenvalue weighted by Gasteiger charge is 2.27. The zero-order chi connectivity index (χ0) is 19.1. The Labute approximate surface area is 177 Å². The highest BCUT2D eigenvalue weighted by Crippen LogP contribution is 2.45. The summed E-state index contributed by atoms with van der Waals surface area (Å²) in [6.45, 7) is 0.628. The number of rotatable bonds is 4. The smallest absolute Gasteiger partial charge is 0.0923 e. The first-order valence-electron chi connectivity index (χ1n) is 8.34. The van der Waals surface area contributed by atoms with Gasteiger partial charge < -0.3 is 0 Å². The van der Waals surface area contributed by atoms with E-state index in [1.54, 1.807) is 17.8 Å². The fraction of sp³-hybridized carbons (Fsp3) is 0.211. The van der Waals surface area contributed by atoms with Gasteiger partial charge in [0, 0.05) is 35.5 Å². The van der Waals surface area contributed by atoms with Crippen molar-refractivity contribution < 1.29 is 0 Å². The lowest BCUT2D eigenvalue weighted by atomic mass is 10.0. The summed E-state index contributed by atoms with van der Waals surface area (Å²) < 4.78 is 1.92. The van der Waals surface area contributed by atoms with Gasteiger partial charge in [-0.1, -0.05) is 40.9 Å². The second-order valence-electron chi connectivity index (χ2n) is 6.45. The van der Waals surface area contributed by atoms with E-state index in [1.165, 1.54) is 5.56 Å². The summed E-state index contributed by atoms with van der Waals surface area (Å²) in [5.74, 6) is 0.859. The molecule has 0 radical (unpaired) electrons. The van der Waals surface area contributed by atoms with E-state index < -0.39 is 0 Å². The first kappa shape index (κ1) is 19.1. The van der Waals surface area contributed by atoms with Gasteiger partial charge in [-0.3, -0.25) is 5.01 Å². The molecule has 1 aliphatic rings. The maximum atomic E-state index is 6.50. The third-order valence-corrected chi connectivity index (χ3v) is 6.25. The van der Waals surface area contributed by atoms with Crippen molar-refractivity contribution in [1.82, 2.24) is 20.2 Å². The van der Waals surface area contributed by atoms with Crippen LogP contribution in [-0.4, -0.2) is 28.9 Å². The van der Waals surface area contributed by atoms with Gasteiger partial charge in [-0.2, -0.15) is 5.10 Å². The van der Waals surface area contributed by atoms with E-state index in [4.69, 9.17) is 39.9 Å². The van der Waals surface area contributed by atoms with Crippen molar-refractivity contribution in [1.29, 1.82) is 0 Å². The summed E-state index contributed by atoms with van der Waals surface area (Å²) in [4.78, 5) is 1.16. The lowest BCUT2D eigenvalue weighted by molar-refractivity contribution is 0.283. The molecule has 1 N–H and O–H groups in total. The average Bonchev–Trinajstić information content (AvgIpc) is 2.98. The molecule has 0 unspecified atom stereocenters. The van der Waals surface area contributed by atoms with Crippen LogP contribution in [0, 0.1) is 0 Å². The minimum atomic E-state index is 0.561. The monoisotopic (exact) mass is 438 g/mol. The molecule has 140 valence electrons. The number of hydrogen-bond donors (Lipinski definition) is 1. The molecule has 0 saturated heterocycles. The quantitative estimate of drug-likeness (QED) is 0.531. The molecular weight excluding hydrogens is 423 g/mol. The second kappa shape index (κ2) is 7.66. The van der Waals surface area contributed by atoms with Crippen LogP contribution in [0.2, 0.25) is 15.1 Å². The zero-order valence-corrected chi connectivity index (χ0v) is 17.8. The van der Waals surface area contributed by atoms with Crippen molar-refractivity contribution in [3.8, 4) is 16.9 Å². The summed E-state index contributed by atoms with van der Waals surface area (Å²) in [6, 6.07) is 11.5. The lowest BCUT2D eigenvalue weighted by Crippen LogP contribution is -2.30. The van der Waals surface area contributed by atoms with E-state index in [0.717, 1.165) is 38.3 Å². The van der Waals surface area contributed by atoms with Crippen molar-refractivity contribution in [3.05, 3.63) is 62.7 Å². The van der Waals surface area contributed by atoms with Crippen molar-refractivity contribution in [2.75, 3.05) is 14.1 Å². The number of nitrogens with zero attached hydrogens (tertiary/aromatic N) is 3. The Morgan fingerprint density at radius 3 is 2.59 bits per heavy atom. The van der Waals surface area contributed by atoms with Crippen LogP contribution in [-0.2, 0) is 12.3 Å². The van der Waals surface area contributed by atoms with Gasteiger partial charge in [-0.25, -0.2) is 10.1 Å². The van der Waals surface area contributed by atoms with E-state index in [-0.39, 0.29) is 0 Å². The van der Waals surface area contributed by atoms with E-state index in [1.807, 2.05) is 48.1 Å². The zero-order valence-electron chi connectivity index (χ0n) is 14.8. The Kier molecular flexibility index (Phi) is 5.43. The predicted octanol–water partition coefficient (Wildman–Crippen LogP) is 5.67. The van der Waals surface area contributed by atoms with Gasteiger partial charge in [0.1, 0.15) is 0 Å². The van der Waals surface area contributed by atoms with Crippen LogP contribution in [0.25, 0.3) is 16.9 Å². The Morgan fingerprint density at radius 2 is 1.85 bits per heavy atom. The van der Waals surface area contributed by atoms with Crippen molar-refractivity contribution in [2.24, 2.45) is 0 Å². The normalized spacial score (nSPS) is 13.0. The van der Waals surface area contributed by atoms with Gasteiger partial charge in [-0.15, -0.1) is 11.8 Å². The Bertz CT molecular complexity index is 1020. The first-order chi connectivity index (χ1) is 12.9. The molecule has 27 heavy (non-hydrogen) atoms. The van der Waals surface area contributed by atoms with E-state index in [9.17, 15) is 0 Å². The number of halogens is 3. The molecular formula is C19H17Cl3N4S. The van der Waals surface area contributed by atoms with Gasteiger partial charge >= 0.3 is 0 Å². The third kappa shape index (κ3) is 3.73.